The standard InChI is InChI=1S/C22H29N7O4S/c1-12-6-7-16-19(12)26-17-5-3-4-15(17)20(16)27-22(31)28-34(23,32)18-9-25-29-10-14(8-24-13(2)30)11-33-21(18)29/h9,12,14H,3-8,10-11H2,1-2H3,(H,24,30)(H3,23,26,27,28,31,32). The first kappa shape index (κ1) is 22.8. The van der Waals surface area contributed by atoms with Gasteiger partial charge in [-0.05, 0) is 49.1 Å². The summed E-state index contributed by atoms with van der Waals surface area (Å²) in [5.41, 5.74) is 4.94. The number of pyridine rings is 1. The average Bonchev–Trinajstić information content (AvgIpc) is 3.50. The predicted octanol–water partition coefficient (Wildman–Crippen LogP) is 1.89. The fraction of sp³-hybridized carbons (Fsp3) is 0.545. The maximum absolute atomic E-state index is 13.3. The number of hydrogen-bond acceptors (Lipinski definition) is 6. The van der Waals surface area contributed by atoms with Gasteiger partial charge in [-0.1, -0.05) is 6.92 Å². The lowest BCUT2D eigenvalue weighted by Gasteiger charge is -2.24. The van der Waals surface area contributed by atoms with Gasteiger partial charge in [0.05, 0.1) is 25.0 Å². The van der Waals surface area contributed by atoms with Crippen molar-refractivity contribution in [1.82, 2.24) is 20.1 Å². The van der Waals surface area contributed by atoms with Crippen molar-refractivity contribution in [3.8, 4) is 5.88 Å². The molecule has 2 aliphatic carbocycles. The Balaban J connectivity index is 1.39. The van der Waals surface area contributed by atoms with E-state index in [2.05, 4.69) is 27.0 Å². The molecule has 5 rings (SSSR count). The Labute approximate surface area is 198 Å². The van der Waals surface area contributed by atoms with Crippen molar-refractivity contribution in [3.05, 3.63) is 28.7 Å². The fourth-order valence-electron chi connectivity index (χ4n) is 4.99. The van der Waals surface area contributed by atoms with Crippen LogP contribution in [0, 0.1) is 5.92 Å². The van der Waals surface area contributed by atoms with E-state index in [0.29, 0.717) is 25.6 Å². The van der Waals surface area contributed by atoms with Gasteiger partial charge in [-0.25, -0.2) is 18.8 Å². The van der Waals surface area contributed by atoms with Gasteiger partial charge in [-0.3, -0.25) is 9.78 Å². The molecule has 2 aromatic heterocycles. The molecule has 0 bridgehead atoms. The van der Waals surface area contributed by atoms with Crippen LogP contribution in [0.4, 0.5) is 10.5 Å². The smallest absolute Gasteiger partial charge is 0.354 e. The van der Waals surface area contributed by atoms with E-state index in [-0.39, 0.29) is 22.6 Å². The number of aryl methyl sites for hydroxylation is 1. The molecule has 0 saturated carbocycles. The number of rotatable bonds is 4. The highest BCUT2D eigenvalue weighted by molar-refractivity contribution is 7.91. The zero-order valence-corrected chi connectivity index (χ0v) is 20.1. The number of hydrogen-bond donors (Lipinski definition) is 3. The van der Waals surface area contributed by atoms with Crippen LogP contribution in [0.25, 0.3) is 0 Å². The van der Waals surface area contributed by atoms with Gasteiger partial charge in [0.15, 0.2) is 9.92 Å². The minimum absolute atomic E-state index is 0.0106. The van der Waals surface area contributed by atoms with Crippen molar-refractivity contribution in [1.29, 1.82) is 0 Å². The molecule has 2 aromatic rings. The summed E-state index contributed by atoms with van der Waals surface area (Å²) in [5.74, 6) is 0.471. The molecule has 12 heteroatoms. The lowest BCUT2D eigenvalue weighted by Crippen LogP contribution is -2.36. The number of anilines is 1. The van der Waals surface area contributed by atoms with E-state index in [1.807, 2.05) is 0 Å². The van der Waals surface area contributed by atoms with Crippen molar-refractivity contribution in [3.63, 3.8) is 0 Å². The largest absolute Gasteiger partial charge is 0.476 e. The molecule has 0 saturated heterocycles. The number of nitrogens with two attached hydrogens (primary N) is 1. The number of nitrogens with one attached hydrogen (secondary N) is 2. The van der Waals surface area contributed by atoms with Gasteiger partial charge in [0, 0.05) is 30.8 Å². The highest BCUT2D eigenvalue weighted by Gasteiger charge is 2.31. The van der Waals surface area contributed by atoms with E-state index in [1.165, 1.54) is 17.8 Å². The summed E-state index contributed by atoms with van der Waals surface area (Å²) < 4.78 is 24.4. The van der Waals surface area contributed by atoms with Gasteiger partial charge in [0.1, 0.15) is 4.90 Å². The second-order valence-electron chi connectivity index (χ2n) is 9.27. The molecule has 0 fully saturated rings. The Morgan fingerprint density at radius 1 is 1.32 bits per heavy atom. The number of nitrogens with zero attached hydrogens (tertiary/aromatic N) is 4. The maximum atomic E-state index is 13.3. The van der Waals surface area contributed by atoms with Crippen molar-refractivity contribution in [2.24, 2.45) is 15.4 Å². The average molecular weight is 488 g/mol. The van der Waals surface area contributed by atoms with E-state index in [9.17, 15) is 13.8 Å². The first-order valence-corrected chi connectivity index (χ1v) is 13.1. The van der Waals surface area contributed by atoms with E-state index >= 15 is 0 Å². The third-order valence-corrected chi connectivity index (χ3v) is 8.05. The Morgan fingerprint density at radius 3 is 2.94 bits per heavy atom. The van der Waals surface area contributed by atoms with Crippen LogP contribution >= 0.6 is 0 Å². The lowest BCUT2D eigenvalue weighted by molar-refractivity contribution is -0.119. The molecule has 3 aliphatic rings. The third-order valence-electron chi connectivity index (χ3n) is 6.70. The minimum atomic E-state index is -3.59. The maximum Gasteiger partial charge on any atom is 0.354 e. The molecule has 0 radical (unpaired) electrons. The van der Waals surface area contributed by atoms with E-state index in [4.69, 9.17) is 14.9 Å². The molecule has 34 heavy (non-hydrogen) atoms. The molecule has 3 heterocycles. The van der Waals surface area contributed by atoms with Crippen molar-refractivity contribution < 1.29 is 18.5 Å². The Hall–Kier alpha value is -2.99. The summed E-state index contributed by atoms with van der Waals surface area (Å²) >= 11 is 0. The number of aromatic nitrogens is 3. The normalized spacial score (nSPS) is 22.1. The Kier molecular flexibility index (Phi) is 5.80. The molecule has 11 nitrogen and oxygen atoms in total. The highest BCUT2D eigenvalue weighted by Crippen LogP contribution is 2.41. The van der Waals surface area contributed by atoms with Gasteiger partial charge >= 0.3 is 6.03 Å². The first-order valence-electron chi connectivity index (χ1n) is 11.6. The molecule has 0 aromatic carbocycles. The molecular formula is C22H29N7O4S. The number of carbonyl (C=O) groups excluding carboxylic acids is 2. The molecule has 3 atom stereocenters. The molecule has 0 spiro atoms. The summed E-state index contributed by atoms with van der Waals surface area (Å²) in [6.45, 7) is 4.80. The zero-order valence-electron chi connectivity index (χ0n) is 19.3. The monoisotopic (exact) mass is 487 g/mol. The summed E-state index contributed by atoms with van der Waals surface area (Å²) in [5, 5.41) is 15.9. The van der Waals surface area contributed by atoms with E-state index in [1.54, 1.807) is 0 Å². The van der Waals surface area contributed by atoms with Crippen LogP contribution in [0.3, 0.4) is 0 Å². The molecule has 182 valence electrons. The minimum Gasteiger partial charge on any atom is -0.476 e. The molecular weight excluding hydrogens is 458 g/mol. The summed E-state index contributed by atoms with van der Waals surface area (Å²) in [4.78, 5) is 29.0. The van der Waals surface area contributed by atoms with Crippen molar-refractivity contribution in [2.75, 3.05) is 18.5 Å². The van der Waals surface area contributed by atoms with Gasteiger partial charge < -0.3 is 15.4 Å². The predicted molar refractivity (Wildman–Crippen MR) is 125 cm³/mol. The van der Waals surface area contributed by atoms with Crippen LogP contribution in [-0.4, -0.2) is 44.1 Å². The highest BCUT2D eigenvalue weighted by atomic mass is 32.2. The van der Waals surface area contributed by atoms with Gasteiger partial charge in [0.25, 0.3) is 0 Å². The first-order chi connectivity index (χ1) is 16.2. The van der Waals surface area contributed by atoms with E-state index in [0.717, 1.165) is 60.3 Å². The van der Waals surface area contributed by atoms with Crippen molar-refractivity contribution in [2.45, 2.75) is 63.3 Å². The Bertz CT molecular complexity index is 1290. The fourth-order valence-corrected chi connectivity index (χ4v) is 6.00. The van der Waals surface area contributed by atoms with Crippen LogP contribution < -0.4 is 20.5 Å². The van der Waals surface area contributed by atoms with Gasteiger partial charge in [-0.2, -0.15) is 5.10 Å². The number of urea groups is 1. The van der Waals surface area contributed by atoms with Crippen LogP contribution in [0.1, 0.15) is 55.1 Å². The number of fused-ring (bicyclic) bond motifs is 3. The van der Waals surface area contributed by atoms with Crippen molar-refractivity contribution >= 4 is 27.5 Å². The quantitative estimate of drug-likeness (QED) is 0.598. The number of amides is 3. The SMILES string of the molecule is CC(=O)NCC1COc2c(S(N)(=O)=NC(=O)Nc3c4c(nc5c3CCC5C)CCC4)cnn2C1. The van der Waals surface area contributed by atoms with Crippen LogP contribution in [0.2, 0.25) is 0 Å². The summed E-state index contributed by atoms with van der Waals surface area (Å²) in [7, 11) is -3.59. The molecule has 4 N–H and O–H groups in total. The van der Waals surface area contributed by atoms with Crippen LogP contribution in [0.15, 0.2) is 15.5 Å². The topological polar surface area (TPSA) is 154 Å². The molecule has 3 amide bonds. The third kappa shape index (κ3) is 4.16. The van der Waals surface area contributed by atoms with Gasteiger partial charge in [-0.15, -0.1) is 4.36 Å². The molecule has 3 unspecified atom stereocenters. The molecule has 1 aliphatic heterocycles. The number of ether oxygens (including phenoxy) is 1. The van der Waals surface area contributed by atoms with Gasteiger partial charge in [0.2, 0.25) is 11.8 Å². The van der Waals surface area contributed by atoms with Crippen LogP contribution in [0.5, 0.6) is 5.88 Å². The van der Waals surface area contributed by atoms with Crippen LogP contribution in [-0.2, 0) is 40.5 Å². The zero-order chi connectivity index (χ0) is 24.0. The lowest BCUT2D eigenvalue weighted by atomic mass is 10.0. The second-order valence-corrected chi connectivity index (χ2v) is 11.0. The Morgan fingerprint density at radius 2 is 2.15 bits per heavy atom. The summed E-state index contributed by atoms with van der Waals surface area (Å²) in [6.07, 6.45) is 5.90. The second kappa shape index (κ2) is 8.66. The summed E-state index contributed by atoms with van der Waals surface area (Å²) in [6, 6.07) is -0.756. The van der Waals surface area contributed by atoms with E-state index < -0.39 is 15.9 Å². The number of carbonyl (C=O) groups is 2.